The Morgan fingerprint density at radius 3 is 2.58 bits per heavy atom. The van der Waals surface area contributed by atoms with E-state index in [9.17, 15) is 4.79 Å². The van der Waals surface area contributed by atoms with Crippen LogP contribution in [0.3, 0.4) is 0 Å². The van der Waals surface area contributed by atoms with Crippen LogP contribution in [-0.2, 0) is 4.74 Å². The van der Waals surface area contributed by atoms with Gasteiger partial charge in [-0.1, -0.05) is 0 Å². The third-order valence-corrected chi connectivity index (χ3v) is 3.29. The van der Waals surface area contributed by atoms with Gasteiger partial charge in [-0.15, -0.1) is 0 Å². The minimum absolute atomic E-state index is 0.187. The number of hydrogen-bond acceptors (Lipinski definition) is 6. The Balaban J connectivity index is 2.05. The largest absolute Gasteiger partial charge is 0.497 e. The van der Waals surface area contributed by atoms with E-state index in [4.69, 9.17) is 14.2 Å². The predicted octanol–water partition coefficient (Wildman–Crippen LogP) is 2.22. The minimum atomic E-state index is -0.187. The first kappa shape index (κ1) is 17.6. The maximum atomic E-state index is 11.9. The van der Waals surface area contributed by atoms with Crippen LogP contribution in [0.4, 0.5) is 11.5 Å². The molecule has 0 atom stereocenters. The van der Waals surface area contributed by atoms with Gasteiger partial charge in [-0.2, -0.15) is 0 Å². The summed E-state index contributed by atoms with van der Waals surface area (Å²) in [5.74, 6) is 1.76. The summed E-state index contributed by atoms with van der Waals surface area (Å²) in [6.07, 6.45) is 1.51. The summed E-state index contributed by atoms with van der Waals surface area (Å²) < 4.78 is 15.4. The molecule has 0 aliphatic rings. The van der Waals surface area contributed by atoms with Crippen LogP contribution in [0.5, 0.6) is 11.5 Å². The zero-order valence-electron chi connectivity index (χ0n) is 14.0. The SMILES string of the molecule is COCCNC(=O)c1ccc(Nc2ccc(OC)cc2OC)nc1. The lowest BCUT2D eigenvalue weighted by molar-refractivity contribution is 0.0937. The molecule has 128 valence electrons. The van der Waals surface area contributed by atoms with Gasteiger partial charge in [0.2, 0.25) is 0 Å². The molecule has 1 amide bonds. The second kappa shape index (κ2) is 8.73. The Hall–Kier alpha value is -2.80. The van der Waals surface area contributed by atoms with E-state index < -0.39 is 0 Å². The number of methoxy groups -OCH3 is 3. The first-order chi connectivity index (χ1) is 11.7. The summed E-state index contributed by atoms with van der Waals surface area (Å²) in [5.41, 5.74) is 1.24. The third-order valence-electron chi connectivity index (χ3n) is 3.29. The van der Waals surface area contributed by atoms with Gasteiger partial charge in [0.15, 0.2) is 0 Å². The van der Waals surface area contributed by atoms with Crippen molar-refractivity contribution in [2.75, 3.05) is 39.8 Å². The van der Waals surface area contributed by atoms with Crippen LogP contribution in [0, 0.1) is 0 Å². The molecule has 7 heteroatoms. The standard InChI is InChI=1S/C17H21N3O4/c1-22-9-8-18-17(21)12-4-7-16(19-11-12)20-14-6-5-13(23-2)10-15(14)24-3/h4-7,10-11H,8-9H2,1-3H3,(H,18,21)(H,19,20). The normalized spacial score (nSPS) is 10.1. The van der Waals surface area contributed by atoms with Crippen molar-refractivity contribution < 1.29 is 19.0 Å². The van der Waals surface area contributed by atoms with Crippen molar-refractivity contribution in [1.29, 1.82) is 0 Å². The van der Waals surface area contributed by atoms with Crippen molar-refractivity contribution in [3.63, 3.8) is 0 Å². The number of pyridine rings is 1. The molecule has 0 unspecified atom stereocenters. The van der Waals surface area contributed by atoms with E-state index in [1.165, 1.54) is 6.20 Å². The summed E-state index contributed by atoms with van der Waals surface area (Å²) in [4.78, 5) is 16.2. The fourth-order valence-corrected chi connectivity index (χ4v) is 2.01. The highest BCUT2D eigenvalue weighted by Crippen LogP contribution is 2.30. The summed E-state index contributed by atoms with van der Waals surface area (Å²) in [5, 5.41) is 5.89. The quantitative estimate of drug-likeness (QED) is 0.722. The second-order valence-corrected chi connectivity index (χ2v) is 4.87. The highest BCUT2D eigenvalue weighted by molar-refractivity contribution is 5.94. The van der Waals surface area contributed by atoms with E-state index in [0.29, 0.717) is 36.0 Å². The smallest absolute Gasteiger partial charge is 0.252 e. The fourth-order valence-electron chi connectivity index (χ4n) is 2.01. The lowest BCUT2D eigenvalue weighted by Gasteiger charge is -2.12. The van der Waals surface area contributed by atoms with Crippen molar-refractivity contribution >= 4 is 17.4 Å². The van der Waals surface area contributed by atoms with E-state index in [1.54, 1.807) is 39.5 Å². The molecule has 0 saturated carbocycles. The summed E-state index contributed by atoms with van der Waals surface area (Å²) in [7, 11) is 4.77. The maximum Gasteiger partial charge on any atom is 0.252 e. The van der Waals surface area contributed by atoms with Crippen LogP contribution in [0.1, 0.15) is 10.4 Å². The molecule has 2 aromatic rings. The van der Waals surface area contributed by atoms with Crippen LogP contribution >= 0.6 is 0 Å². The number of ether oxygens (including phenoxy) is 3. The van der Waals surface area contributed by atoms with Gasteiger partial charge in [-0.25, -0.2) is 4.98 Å². The summed E-state index contributed by atoms with van der Waals surface area (Å²) in [6.45, 7) is 0.925. The second-order valence-electron chi connectivity index (χ2n) is 4.87. The lowest BCUT2D eigenvalue weighted by Crippen LogP contribution is -2.26. The molecule has 0 bridgehead atoms. The highest BCUT2D eigenvalue weighted by Gasteiger charge is 2.08. The van der Waals surface area contributed by atoms with E-state index in [0.717, 1.165) is 5.69 Å². The third kappa shape index (κ3) is 4.60. The van der Waals surface area contributed by atoms with E-state index >= 15 is 0 Å². The Kier molecular flexibility index (Phi) is 6.39. The van der Waals surface area contributed by atoms with Crippen LogP contribution in [0.2, 0.25) is 0 Å². The Morgan fingerprint density at radius 2 is 1.96 bits per heavy atom. The van der Waals surface area contributed by atoms with Crippen LogP contribution in [0.15, 0.2) is 36.5 Å². The molecule has 0 aliphatic carbocycles. The van der Waals surface area contributed by atoms with Gasteiger partial charge in [0.25, 0.3) is 5.91 Å². The predicted molar refractivity (Wildman–Crippen MR) is 91.3 cm³/mol. The molecule has 0 fully saturated rings. The van der Waals surface area contributed by atoms with Gasteiger partial charge in [-0.3, -0.25) is 4.79 Å². The van der Waals surface area contributed by atoms with Crippen LogP contribution in [0.25, 0.3) is 0 Å². The number of hydrogen-bond donors (Lipinski definition) is 2. The van der Waals surface area contributed by atoms with Crippen molar-refractivity contribution in [2.45, 2.75) is 0 Å². The number of carbonyl (C=O) groups excluding carboxylic acids is 1. The molecule has 0 radical (unpaired) electrons. The molecule has 7 nitrogen and oxygen atoms in total. The van der Waals surface area contributed by atoms with Gasteiger partial charge in [0.05, 0.1) is 32.1 Å². The number of nitrogens with one attached hydrogen (secondary N) is 2. The Bertz CT molecular complexity index is 674. The molecule has 1 aromatic carbocycles. The number of carbonyl (C=O) groups is 1. The monoisotopic (exact) mass is 331 g/mol. The molecule has 0 saturated heterocycles. The average molecular weight is 331 g/mol. The zero-order chi connectivity index (χ0) is 17.4. The first-order valence-electron chi connectivity index (χ1n) is 7.40. The number of amides is 1. The number of rotatable bonds is 8. The van der Waals surface area contributed by atoms with Crippen LogP contribution in [-0.4, -0.2) is 45.4 Å². The molecule has 24 heavy (non-hydrogen) atoms. The summed E-state index contributed by atoms with van der Waals surface area (Å²) in [6, 6.07) is 8.87. The van der Waals surface area contributed by atoms with Crippen molar-refractivity contribution in [3.8, 4) is 11.5 Å². The Morgan fingerprint density at radius 1 is 1.12 bits per heavy atom. The maximum absolute atomic E-state index is 11.9. The number of benzene rings is 1. The fraction of sp³-hybridized carbons (Fsp3) is 0.294. The molecule has 0 aliphatic heterocycles. The van der Waals surface area contributed by atoms with Crippen molar-refractivity contribution in [1.82, 2.24) is 10.3 Å². The number of anilines is 2. The number of aromatic nitrogens is 1. The minimum Gasteiger partial charge on any atom is -0.497 e. The molecule has 2 rings (SSSR count). The average Bonchev–Trinajstić information content (AvgIpc) is 2.62. The van der Waals surface area contributed by atoms with E-state index in [1.807, 2.05) is 12.1 Å². The molecular formula is C17H21N3O4. The van der Waals surface area contributed by atoms with Gasteiger partial charge in [0, 0.05) is 25.9 Å². The number of nitrogens with zero attached hydrogens (tertiary/aromatic N) is 1. The van der Waals surface area contributed by atoms with Gasteiger partial charge < -0.3 is 24.8 Å². The molecule has 1 heterocycles. The molecule has 1 aromatic heterocycles. The van der Waals surface area contributed by atoms with Gasteiger partial charge >= 0.3 is 0 Å². The zero-order valence-corrected chi connectivity index (χ0v) is 14.0. The van der Waals surface area contributed by atoms with E-state index in [2.05, 4.69) is 15.6 Å². The Labute approximate surface area is 140 Å². The molecular weight excluding hydrogens is 310 g/mol. The van der Waals surface area contributed by atoms with Crippen molar-refractivity contribution in [3.05, 3.63) is 42.1 Å². The lowest BCUT2D eigenvalue weighted by atomic mass is 10.2. The summed E-state index contributed by atoms with van der Waals surface area (Å²) >= 11 is 0. The van der Waals surface area contributed by atoms with Crippen molar-refractivity contribution in [2.24, 2.45) is 0 Å². The highest BCUT2D eigenvalue weighted by atomic mass is 16.5. The van der Waals surface area contributed by atoms with E-state index in [-0.39, 0.29) is 5.91 Å². The first-order valence-corrected chi connectivity index (χ1v) is 7.40. The van der Waals surface area contributed by atoms with Crippen LogP contribution < -0.4 is 20.1 Å². The van der Waals surface area contributed by atoms with Gasteiger partial charge in [0.1, 0.15) is 17.3 Å². The molecule has 2 N–H and O–H groups in total. The topological polar surface area (TPSA) is 81.7 Å². The molecule has 0 spiro atoms. The van der Waals surface area contributed by atoms with Gasteiger partial charge in [-0.05, 0) is 24.3 Å².